The Morgan fingerprint density at radius 2 is 1.77 bits per heavy atom. The molecule has 2 N–H and O–H groups in total. The fourth-order valence-corrected chi connectivity index (χ4v) is 3.24. The molecule has 1 aromatic carbocycles. The van der Waals surface area contributed by atoms with E-state index in [4.69, 9.17) is 4.74 Å². The Bertz CT molecular complexity index is 875. The Balaban J connectivity index is 1.90. The third kappa shape index (κ3) is 6.81. The molecule has 1 heterocycles. The monoisotopic (exact) mass is 430 g/mol. The van der Waals surface area contributed by atoms with Gasteiger partial charge in [0.05, 0.1) is 4.88 Å². The number of amides is 2. The van der Waals surface area contributed by atoms with Crippen molar-refractivity contribution in [2.75, 3.05) is 11.9 Å². The van der Waals surface area contributed by atoms with Crippen molar-refractivity contribution in [3.05, 3.63) is 52.2 Å². The minimum Gasteiger partial charge on any atom is -0.456 e. The maximum atomic E-state index is 12.4. The van der Waals surface area contributed by atoms with Crippen molar-refractivity contribution in [3.63, 3.8) is 0 Å². The first-order valence-electron chi connectivity index (χ1n) is 9.76. The summed E-state index contributed by atoms with van der Waals surface area (Å²) in [5.74, 6) is -1.68. The molecule has 0 saturated carbocycles. The number of anilines is 1. The largest absolute Gasteiger partial charge is 0.456 e. The van der Waals surface area contributed by atoms with Crippen LogP contribution < -0.4 is 10.6 Å². The summed E-state index contributed by atoms with van der Waals surface area (Å²) >= 11 is 1.27. The summed E-state index contributed by atoms with van der Waals surface area (Å²) < 4.78 is 5.16. The van der Waals surface area contributed by atoms with E-state index in [1.54, 1.807) is 55.6 Å². The van der Waals surface area contributed by atoms with Crippen molar-refractivity contribution >= 4 is 40.6 Å². The Hall–Kier alpha value is -3.00. The highest BCUT2D eigenvalue weighted by Crippen LogP contribution is 2.13. The smallest absolute Gasteiger partial charge is 0.329 e. The standard InChI is InChI=1S/C22H26N2O5S/c1-4-6-19(26)23-16-10-8-15(9-11-16)17(25)13-29-22(28)20(14(2)3)24-21(27)18-7-5-12-30-18/h5,7-12,14,20H,4,6,13H2,1-3H3,(H,23,26)(H,24,27). The molecule has 1 atom stereocenters. The molecule has 8 heteroatoms. The van der Waals surface area contributed by atoms with Crippen LogP contribution in [0.5, 0.6) is 0 Å². The first kappa shape index (κ1) is 23.3. The fraction of sp³-hybridized carbons (Fsp3) is 0.364. The van der Waals surface area contributed by atoms with Crippen LogP contribution in [-0.2, 0) is 14.3 Å². The zero-order valence-electron chi connectivity index (χ0n) is 17.3. The number of nitrogens with one attached hydrogen (secondary N) is 2. The number of ether oxygens (including phenoxy) is 1. The van der Waals surface area contributed by atoms with Gasteiger partial charge < -0.3 is 15.4 Å². The molecule has 0 saturated heterocycles. The average molecular weight is 431 g/mol. The topological polar surface area (TPSA) is 102 Å². The van der Waals surface area contributed by atoms with E-state index in [0.717, 1.165) is 6.42 Å². The normalized spacial score (nSPS) is 11.6. The van der Waals surface area contributed by atoms with Crippen LogP contribution in [0.3, 0.4) is 0 Å². The molecule has 2 rings (SSSR count). The molecule has 0 aliphatic carbocycles. The SMILES string of the molecule is CCCC(=O)Nc1ccc(C(=O)COC(=O)C(NC(=O)c2cccs2)C(C)C)cc1. The lowest BCUT2D eigenvalue weighted by atomic mass is 10.0. The van der Waals surface area contributed by atoms with Crippen molar-refractivity contribution in [1.82, 2.24) is 5.32 Å². The highest BCUT2D eigenvalue weighted by atomic mass is 32.1. The van der Waals surface area contributed by atoms with Crippen LogP contribution >= 0.6 is 11.3 Å². The number of rotatable bonds is 10. The summed E-state index contributed by atoms with van der Waals surface area (Å²) in [6.07, 6.45) is 1.18. The molecule has 7 nitrogen and oxygen atoms in total. The number of hydrogen-bond donors (Lipinski definition) is 2. The van der Waals surface area contributed by atoms with Crippen molar-refractivity contribution in [2.45, 2.75) is 39.7 Å². The molecule has 0 radical (unpaired) electrons. The second-order valence-corrected chi connectivity index (χ2v) is 8.03. The number of carbonyl (C=O) groups is 4. The average Bonchev–Trinajstić information content (AvgIpc) is 3.25. The molecule has 0 fully saturated rings. The van der Waals surface area contributed by atoms with Crippen LogP contribution in [0.15, 0.2) is 41.8 Å². The second kappa shape index (κ2) is 11.3. The van der Waals surface area contributed by atoms with E-state index in [-0.39, 0.29) is 23.5 Å². The third-order valence-electron chi connectivity index (χ3n) is 4.27. The predicted molar refractivity (Wildman–Crippen MR) is 116 cm³/mol. The van der Waals surface area contributed by atoms with Gasteiger partial charge in [0, 0.05) is 17.7 Å². The maximum Gasteiger partial charge on any atom is 0.329 e. The number of thiophene rings is 1. The molecule has 1 unspecified atom stereocenters. The van der Waals surface area contributed by atoms with Crippen LogP contribution in [0, 0.1) is 5.92 Å². The minimum absolute atomic E-state index is 0.0881. The van der Waals surface area contributed by atoms with E-state index in [0.29, 0.717) is 22.5 Å². The Morgan fingerprint density at radius 3 is 2.33 bits per heavy atom. The number of Topliss-reactive ketones (excluding diaryl/α,β-unsaturated/α-hetero) is 1. The van der Waals surface area contributed by atoms with Gasteiger partial charge in [0.1, 0.15) is 6.04 Å². The van der Waals surface area contributed by atoms with Gasteiger partial charge in [-0.1, -0.05) is 26.8 Å². The van der Waals surface area contributed by atoms with E-state index in [1.165, 1.54) is 11.3 Å². The quantitative estimate of drug-likeness (QED) is 0.442. The lowest BCUT2D eigenvalue weighted by Gasteiger charge is -2.20. The summed E-state index contributed by atoms with van der Waals surface area (Å²) in [6.45, 7) is 5.06. The molecular formula is C22H26N2O5S. The lowest BCUT2D eigenvalue weighted by molar-refractivity contribution is -0.146. The maximum absolute atomic E-state index is 12.4. The molecular weight excluding hydrogens is 404 g/mol. The molecule has 1 aromatic heterocycles. The number of benzene rings is 1. The molecule has 2 amide bonds. The molecule has 0 aliphatic heterocycles. The number of ketones is 1. The van der Waals surface area contributed by atoms with Gasteiger partial charge in [-0.15, -0.1) is 11.3 Å². The molecule has 30 heavy (non-hydrogen) atoms. The summed E-state index contributed by atoms with van der Waals surface area (Å²) in [5, 5.41) is 7.18. The van der Waals surface area contributed by atoms with Crippen molar-refractivity contribution in [2.24, 2.45) is 5.92 Å². The van der Waals surface area contributed by atoms with Gasteiger partial charge >= 0.3 is 5.97 Å². The first-order valence-corrected chi connectivity index (χ1v) is 10.6. The number of hydrogen-bond acceptors (Lipinski definition) is 6. The first-order chi connectivity index (χ1) is 14.3. The van der Waals surface area contributed by atoms with E-state index >= 15 is 0 Å². The van der Waals surface area contributed by atoms with Crippen LogP contribution in [0.1, 0.15) is 53.6 Å². The van der Waals surface area contributed by atoms with Crippen molar-refractivity contribution in [3.8, 4) is 0 Å². The molecule has 2 aromatic rings. The van der Waals surface area contributed by atoms with Crippen molar-refractivity contribution < 1.29 is 23.9 Å². The molecule has 160 valence electrons. The zero-order valence-corrected chi connectivity index (χ0v) is 18.1. The van der Waals surface area contributed by atoms with Crippen LogP contribution in [0.25, 0.3) is 0 Å². The van der Waals surface area contributed by atoms with Gasteiger partial charge in [0.2, 0.25) is 5.91 Å². The lowest BCUT2D eigenvalue weighted by Crippen LogP contribution is -2.45. The van der Waals surface area contributed by atoms with E-state index in [2.05, 4.69) is 10.6 Å². The number of carbonyl (C=O) groups excluding carboxylic acids is 4. The van der Waals surface area contributed by atoms with Gasteiger partial charge in [-0.25, -0.2) is 4.79 Å². The summed E-state index contributed by atoms with van der Waals surface area (Å²) in [7, 11) is 0. The van der Waals surface area contributed by atoms with Crippen LogP contribution in [0.2, 0.25) is 0 Å². The molecule has 0 spiro atoms. The van der Waals surface area contributed by atoms with Gasteiger partial charge in [0.15, 0.2) is 12.4 Å². The van der Waals surface area contributed by atoms with Gasteiger partial charge in [-0.2, -0.15) is 0 Å². The second-order valence-electron chi connectivity index (χ2n) is 7.08. The van der Waals surface area contributed by atoms with E-state index in [9.17, 15) is 19.2 Å². The predicted octanol–water partition coefficient (Wildman–Crippen LogP) is 3.67. The Morgan fingerprint density at radius 1 is 1.07 bits per heavy atom. The van der Waals surface area contributed by atoms with E-state index in [1.807, 2.05) is 6.92 Å². The Labute approximate surface area is 179 Å². The zero-order chi connectivity index (χ0) is 22.1. The molecule has 0 bridgehead atoms. The number of esters is 1. The Kier molecular flexibility index (Phi) is 8.73. The van der Waals surface area contributed by atoms with Gasteiger partial charge in [-0.05, 0) is 48.1 Å². The van der Waals surface area contributed by atoms with Gasteiger partial charge in [0.25, 0.3) is 5.91 Å². The van der Waals surface area contributed by atoms with Gasteiger partial charge in [-0.3, -0.25) is 14.4 Å². The van der Waals surface area contributed by atoms with E-state index < -0.39 is 18.6 Å². The highest BCUT2D eigenvalue weighted by molar-refractivity contribution is 7.12. The fourth-order valence-electron chi connectivity index (χ4n) is 2.62. The summed E-state index contributed by atoms with van der Waals surface area (Å²) in [5.41, 5.74) is 0.957. The summed E-state index contributed by atoms with van der Waals surface area (Å²) in [6, 6.07) is 8.94. The third-order valence-corrected chi connectivity index (χ3v) is 5.13. The minimum atomic E-state index is -0.858. The van der Waals surface area contributed by atoms with Crippen LogP contribution in [0.4, 0.5) is 5.69 Å². The highest BCUT2D eigenvalue weighted by Gasteiger charge is 2.27. The summed E-state index contributed by atoms with van der Waals surface area (Å²) in [4.78, 5) is 49.1. The molecule has 0 aliphatic rings. The van der Waals surface area contributed by atoms with Crippen molar-refractivity contribution in [1.29, 1.82) is 0 Å². The van der Waals surface area contributed by atoms with Crippen LogP contribution in [-0.4, -0.2) is 36.2 Å².